The minimum Gasteiger partial charge on any atom is -0.398 e. The maximum absolute atomic E-state index is 12.6. The van der Waals surface area contributed by atoms with Crippen molar-refractivity contribution in [2.45, 2.75) is 6.92 Å². The lowest BCUT2D eigenvalue weighted by Gasteiger charge is -2.05. The van der Waals surface area contributed by atoms with Crippen LogP contribution in [0.2, 0.25) is 5.02 Å². The zero-order valence-corrected chi connectivity index (χ0v) is 11.9. The lowest BCUT2D eigenvalue weighted by atomic mass is 10.1. The fourth-order valence-electron chi connectivity index (χ4n) is 2.23. The van der Waals surface area contributed by atoms with Gasteiger partial charge in [0, 0.05) is 5.69 Å². The molecule has 0 atom stereocenters. The van der Waals surface area contributed by atoms with Crippen molar-refractivity contribution in [3.8, 4) is 0 Å². The largest absolute Gasteiger partial charge is 0.398 e. The van der Waals surface area contributed by atoms with Gasteiger partial charge in [0.25, 0.3) is 5.91 Å². The smallest absolute Gasteiger partial charge is 0.333 e. The van der Waals surface area contributed by atoms with Gasteiger partial charge in [-0.1, -0.05) is 23.7 Å². The van der Waals surface area contributed by atoms with Crippen molar-refractivity contribution < 1.29 is 4.79 Å². The number of benzene rings is 2. The average Bonchev–Trinajstić information content (AvgIpc) is 2.74. The number of halogens is 1. The molecule has 0 unspecified atom stereocenters. The van der Waals surface area contributed by atoms with Crippen LogP contribution in [0.1, 0.15) is 15.9 Å². The topological polar surface area (TPSA) is 80.9 Å². The zero-order chi connectivity index (χ0) is 15.1. The molecule has 0 bridgehead atoms. The van der Waals surface area contributed by atoms with E-state index in [0.717, 1.165) is 10.1 Å². The van der Waals surface area contributed by atoms with E-state index in [2.05, 4.69) is 4.98 Å². The predicted octanol–water partition coefficient (Wildman–Crippen LogP) is 2.56. The van der Waals surface area contributed by atoms with Crippen LogP contribution in [0.15, 0.2) is 41.2 Å². The molecular weight excluding hydrogens is 290 g/mol. The Kier molecular flexibility index (Phi) is 3.07. The zero-order valence-electron chi connectivity index (χ0n) is 11.2. The molecule has 0 saturated carbocycles. The van der Waals surface area contributed by atoms with Gasteiger partial charge in [-0.05, 0) is 36.8 Å². The van der Waals surface area contributed by atoms with Crippen LogP contribution >= 0.6 is 11.6 Å². The van der Waals surface area contributed by atoms with Crippen molar-refractivity contribution in [2.75, 3.05) is 5.73 Å². The van der Waals surface area contributed by atoms with E-state index in [1.807, 2.05) is 6.92 Å². The Morgan fingerprint density at radius 3 is 2.71 bits per heavy atom. The minimum atomic E-state index is -0.514. The Hall–Kier alpha value is -2.53. The number of hydrogen-bond acceptors (Lipinski definition) is 3. The van der Waals surface area contributed by atoms with E-state index in [1.165, 1.54) is 0 Å². The molecule has 3 aromatic rings. The van der Waals surface area contributed by atoms with E-state index in [-0.39, 0.29) is 5.56 Å². The van der Waals surface area contributed by atoms with Gasteiger partial charge < -0.3 is 10.7 Å². The summed E-state index contributed by atoms with van der Waals surface area (Å²) < 4.78 is 1.07. The highest BCUT2D eigenvalue weighted by Gasteiger charge is 2.18. The molecule has 106 valence electrons. The van der Waals surface area contributed by atoms with E-state index < -0.39 is 11.6 Å². The average molecular weight is 302 g/mol. The lowest BCUT2D eigenvalue weighted by Crippen LogP contribution is -2.25. The number of aromatic nitrogens is 2. The third-order valence-electron chi connectivity index (χ3n) is 3.38. The number of anilines is 1. The highest BCUT2D eigenvalue weighted by atomic mass is 35.5. The summed E-state index contributed by atoms with van der Waals surface area (Å²) in [6.45, 7) is 1.82. The molecule has 3 rings (SSSR count). The molecule has 0 saturated heterocycles. The van der Waals surface area contributed by atoms with Crippen molar-refractivity contribution in [2.24, 2.45) is 0 Å². The highest BCUT2D eigenvalue weighted by molar-refractivity contribution is 6.34. The molecule has 0 amide bonds. The number of imidazole rings is 1. The minimum absolute atomic E-state index is 0.275. The quantitative estimate of drug-likeness (QED) is 0.678. The second kappa shape index (κ2) is 4.79. The molecule has 0 aliphatic rings. The number of H-pyrrole nitrogens is 1. The van der Waals surface area contributed by atoms with Crippen molar-refractivity contribution >= 4 is 34.2 Å². The first kappa shape index (κ1) is 13.5. The van der Waals surface area contributed by atoms with E-state index in [0.29, 0.717) is 21.7 Å². The van der Waals surface area contributed by atoms with Crippen molar-refractivity contribution in [3.05, 3.63) is 63.0 Å². The number of nitrogen functional groups attached to an aromatic ring is 1. The Labute approximate surface area is 125 Å². The van der Waals surface area contributed by atoms with Crippen LogP contribution in [-0.4, -0.2) is 15.5 Å². The van der Waals surface area contributed by atoms with Gasteiger partial charge in [-0.15, -0.1) is 0 Å². The third kappa shape index (κ3) is 2.11. The van der Waals surface area contributed by atoms with Crippen LogP contribution in [0.5, 0.6) is 0 Å². The van der Waals surface area contributed by atoms with E-state index in [9.17, 15) is 9.59 Å². The summed E-state index contributed by atoms with van der Waals surface area (Å²) in [6, 6.07) is 9.96. The third-order valence-corrected chi connectivity index (χ3v) is 3.71. The molecule has 1 heterocycles. The fourth-order valence-corrected chi connectivity index (χ4v) is 2.45. The standard InChI is InChI=1S/C15H12ClN3O2/c1-8-6-13-12(7-11(8)17)18-15(21)19(13)14(20)9-4-2-3-5-10(9)16/h2-7H,17H2,1H3,(H,18,21). The number of fused-ring (bicyclic) bond motifs is 1. The van der Waals surface area contributed by atoms with E-state index in [1.54, 1.807) is 36.4 Å². The molecule has 0 fully saturated rings. The van der Waals surface area contributed by atoms with Gasteiger partial charge in [-0.2, -0.15) is 0 Å². The van der Waals surface area contributed by atoms with Gasteiger partial charge in [0.1, 0.15) is 0 Å². The molecular formula is C15H12ClN3O2. The molecule has 2 aromatic carbocycles. The summed E-state index contributed by atoms with van der Waals surface area (Å²) in [5.41, 5.74) is 7.93. The van der Waals surface area contributed by atoms with Gasteiger partial charge in [0.15, 0.2) is 0 Å². The molecule has 0 aliphatic carbocycles. The number of aromatic amines is 1. The molecule has 0 aliphatic heterocycles. The van der Waals surface area contributed by atoms with Crippen LogP contribution in [0, 0.1) is 6.92 Å². The van der Waals surface area contributed by atoms with Crippen molar-refractivity contribution in [3.63, 3.8) is 0 Å². The Morgan fingerprint density at radius 2 is 2.00 bits per heavy atom. The Morgan fingerprint density at radius 1 is 1.29 bits per heavy atom. The second-order valence-corrected chi connectivity index (χ2v) is 5.18. The molecule has 21 heavy (non-hydrogen) atoms. The number of nitrogens with one attached hydrogen (secondary N) is 1. The summed E-state index contributed by atoms with van der Waals surface area (Å²) in [7, 11) is 0. The number of carbonyl (C=O) groups is 1. The van der Waals surface area contributed by atoms with Crippen LogP contribution < -0.4 is 11.4 Å². The highest BCUT2D eigenvalue weighted by Crippen LogP contribution is 2.21. The first-order chi connectivity index (χ1) is 9.99. The Bertz CT molecular complexity index is 924. The monoisotopic (exact) mass is 301 g/mol. The maximum Gasteiger partial charge on any atom is 0.333 e. The SMILES string of the molecule is Cc1cc2c(cc1N)[nH]c(=O)n2C(=O)c1ccccc1Cl. The molecule has 3 N–H and O–H groups in total. The summed E-state index contributed by atoms with van der Waals surface area (Å²) in [5.74, 6) is -0.471. The van der Waals surface area contributed by atoms with Crippen LogP contribution in [-0.2, 0) is 0 Å². The summed E-state index contributed by atoms with van der Waals surface area (Å²) in [6.07, 6.45) is 0. The predicted molar refractivity (Wildman–Crippen MR) is 82.9 cm³/mol. The first-order valence-electron chi connectivity index (χ1n) is 6.29. The van der Waals surface area contributed by atoms with E-state index >= 15 is 0 Å². The molecule has 1 aromatic heterocycles. The molecule has 0 spiro atoms. The Balaban J connectivity index is 2.28. The normalized spacial score (nSPS) is 11.0. The van der Waals surface area contributed by atoms with Crippen LogP contribution in [0.3, 0.4) is 0 Å². The maximum atomic E-state index is 12.6. The van der Waals surface area contributed by atoms with Gasteiger partial charge in [0.05, 0.1) is 21.6 Å². The van der Waals surface area contributed by atoms with Crippen LogP contribution in [0.4, 0.5) is 5.69 Å². The van der Waals surface area contributed by atoms with Gasteiger partial charge in [-0.3, -0.25) is 4.79 Å². The van der Waals surface area contributed by atoms with Crippen molar-refractivity contribution in [1.82, 2.24) is 9.55 Å². The summed E-state index contributed by atoms with van der Waals surface area (Å²) in [5, 5.41) is 0.302. The number of nitrogens with two attached hydrogens (primary N) is 1. The van der Waals surface area contributed by atoms with Gasteiger partial charge >= 0.3 is 5.69 Å². The molecule has 5 nitrogen and oxygen atoms in total. The number of carbonyl (C=O) groups excluding carboxylic acids is 1. The number of rotatable bonds is 1. The molecule has 0 radical (unpaired) electrons. The van der Waals surface area contributed by atoms with Gasteiger partial charge in [0.2, 0.25) is 0 Å². The number of nitrogens with zero attached hydrogens (tertiary/aromatic N) is 1. The summed E-state index contributed by atoms with van der Waals surface area (Å²) in [4.78, 5) is 27.3. The summed E-state index contributed by atoms with van der Waals surface area (Å²) >= 11 is 6.03. The second-order valence-electron chi connectivity index (χ2n) is 4.78. The molecule has 6 heteroatoms. The van der Waals surface area contributed by atoms with Crippen molar-refractivity contribution in [1.29, 1.82) is 0 Å². The number of hydrogen-bond donors (Lipinski definition) is 2. The van der Waals surface area contributed by atoms with E-state index in [4.69, 9.17) is 17.3 Å². The lowest BCUT2D eigenvalue weighted by molar-refractivity contribution is 0.0961. The van der Waals surface area contributed by atoms with Crippen LogP contribution in [0.25, 0.3) is 11.0 Å². The number of aryl methyl sites for hydroxylation is 1. The fraction of sp³-hybridized carbons (Fsp3) is 0.0667. The van der Waals surface area contributed by atoms with Gasteiger partial charge in [-0.25, -0.2) is 9.36 Å². The first-order valence-corrected chi connectivity index (χ1v) is 6.67.